The number of hydrogen-bond acceptors (Lipinski definition) is 3. The number of aryl methyl sites for hydroxylation is 1. The van der Waals surface area contributed by atoms with E-state index >= 15 is 0 Å². The molecule has 1 aromatic heterocycles. The van der Waals surface area contributed by atoms with E-state index in [2.05, 4.69) is 4.74 Å². The van der Waals surface area contributed by atoms with E-state index in [0.717, 1.165) is 13.0 Å². The van der Waals surface area contributed by atoms with Gasteiger partial charge in [0.1, 0.15) is 11.4 Å². The largest absolute Gasteiger partial charge is 0.461 e. The Morgan fingerprint density at radius 1 is 1.20 bits per heavy atom. The molecule has 0 bridgehead atoms. The average Bonchev–Trinajstić information content (AvgIpc) is 2.46. The minimum absolute atomic E-state index is 0.246. The molecule has 0 radical (unpaired) electrons. The van der Waals surface area contributed by atoms with Gasteiger partial charge < -0.3 is 9.72 Å². The highest BCUT2D eigenvalue weighted by Gasteiger charge is 2.47. The highest BCUT2D eigenvalue weighted by molar-refractivity contribution is 5.89. The number of H-pyrrole nitrogens is 1. The third-order valence-corrected chi connectivity index (χ3v) is 3.66. The molecular formula is C16H14F5NO3. The quantitative estimate of drug-likeness (QED) is 0.665. The van der Waals surface area contributed by atoms with Gasteiger partial charge in [0, 0.05) is 17.8 Å². The Morgan fingerprint density at radius 2 is 1.80 bits per heavy atom. The summed E-state index contributed by atoms with van der Waals surface area (Å²) in [6.07, 6.45) is 0. The molecule has 0 spiro atoms. The zero-order valence-electron chi connectivity index (χ0n) is 13.5. The van der Waals surface area contributed by atoms with E-state index in [0.29, 0.717) is 13.0 Å². The van der Waals surface area contributed by atoms with Crippen molar-refractivity contribution in [3.63, 3.8) is 0 Å². The maximum absolute atomic E-state index is 14.3. The summed E-state index contributed by atoms with van der Waals surface area (Å²) in [5.41, 5.74) is -4.70. The number of nitrogens with one attached hydrogen (secondary N) is 1. The van der Waals surface area contributed by atoms with Gasteiger partial charge in [-0.15, -0.1) is 0 Å². The number of benzene rings is 1. The van der Waals surface area contributed by atoms with Gasteiger partial charge in [-0.25, -0.2) is 18.0 Å². The number of carbonyl (C=O) groups excluding carboxylic acids is 1. The molecule has 0 aliphatic carbocycles. The maximum Gasteiger partial charge on any atom is 0.382 e. The second-order valence-electron chi connectivity index (χ2n) is 5.48. The van der Waals surface area contributed by atoms with Crippen molar-refractivity contribution in [2.75, 3.05) is 6.61 Å². The summed E-state index contributed by atoms with van der Waals surface area (Å²) in [6.45, 7) is 2.27. The molecule has 4 nitrogen and oxygen atoms in total. The van der Waals surface area contributed by atoms with Crippen LogP contribution in [0.2, 0.25) is 0 Å². The van der Waals surface area contributed by atoms with Crippen LogP contribution in [0.15, 0.2) is 16.9 Å². The Labute approximate surface area is 138 Å². The Hall–Kier alpha value is -2.45. The summed E-state index contributed by atoms with van der Waals surface area (Å²) in [5.74, 6) is -11.4. The molecule has 0 saturated carbocycles. The number of esters is 1. The van der Waals surface area contributed by atoms with Crippen molar-refractivity contribution in [2.45, 2.75) is 32.6 Å². The molecule has 2 rings (SSSR count). The van der Waals surface area contributed by atoms with Crippen molar-refractivity contribution in [3.05, 3.63) is 45.0 Å². The summed E-state index contributed by atoms with van der Waals surface area (Å²) in [5, 5.41) is -0.578. The zero-order valence-corrected chi connectivity index (χ0v) is 13.5. The number of pyridine rings is 1. The van der Waals surface area contributed by atoms with Crippen LogP contribution in [0, 0.1) is 12.7 Å². The topological polar surface area (TPSA) is 59.2 Å². The first-order valence-electron chi connectivity index (χ1n) is 7.21. The number of rotatable bonds is 4. The number of carbonyl (C=O) groups is 1. The molecule has 136 valence electrons. The summed E-state index contributed by atoms with van der Waals surface area (Å²) >= 11 is 0. The molecule has 0 fully saturated rings. The first kappa shape index (κ1) is 18.9. The average molecular weight is 363 g/mol. The Kier molecular flexibility index (Phi) is 4.63. The number of alkyl halides is 4. The SMILES string of the molecule is CCOC(=O)C(F)(F)c1c(C)c2c(C(C)(F)F)c(F)ccc2[nH]c1=O. The van der Waals surface area contributed by atoms with Gasteiger partial charge in [-0.2, -0.15) is 8.78 Å². The van der Waals surface area contributed by atoms with Crippen LogP contribution in [-0.2, 0) is 21.4 Å². The van der Waals surface area contributed by atoms with Crippen molar-refractivity contribution < 1.29 is 31.5 Å². The van der Waals surface area contributed by atoms with Crippen molar-refractivity contribution in [1.29, 1.82) is 0 Å². The number of aromatic amines is 1. The highest BCUT2D eigenvalue weighted by Crippen LogP contribution is 2.39. The van der Waals surface area contributed by atoms with Gasteiger partial charge in [-0.05, 0) is 31.5 Å². The molecule has 0 aliphatic heterocycles. The fourth-order valence-electron chi connectivity index (χ4n) is 2.68. The maximum atomic E-state index is 14.3. The van der Waals surface area contributed by atoms with Gasteiger partial charge in [-0.1, -0.05) is 0 Å². The molecule has 0 saturated heterocycles. The van der Waals surface area contributed by atoms with E-state index in [1.807, 2.05) is 4.98 Å². The predicted molar refractivity (Wildman–Crippen MR) is 79.4 cm³/mol. The van der Waals surface area contributed by atoms with Crippen molar-refractivity contribution in [1.82, 2.24) is 4.98 Å². The summed E-state index contributed by atoms with van der Waals surface area (Å²) in [7, 11) is 0. The van der Waals surface area contributed by atoms with Crippen LogP contribution in [0.25, 0.3) is 10.9 Å². The molecule has 0 atom stereocenters. The molecule has 1 heterocycles. The number of ether oxygens (including phenoxy) is 1. The Morgan fingerprint density at radius 3 is 2.32 bits per heavy atom. The van der Waals surface area contributed by atoms with Crippen LogP contribution in [0.4, 0.5) is 22.0 Å². The number of aromatic nitrogens is 1. The van der Waals surface area contributed by atoms with E-state index in [4.69, 9.17) is 0 Å². The number of halogens is 5. The highest BCUT2D eigenvalue weighted by atomic mass is 19.3. The molecule has 0 amide bonds. The van der Waals surface area contributed by atoms with Gasteiger partial charge in [0.2, 0.25) is 0 Å². The molecule has 9 heteroatoms. The molecule has 0 aliphatic rings. The van der Waals surface area contributed by atoms with E-state index in [-0.39, 0.29) is 12.1 Å². The lowest BCUT2D eigenvalue weighted by Crippen LogP contribution is -2.35. The van der Waals surface area contributed by atoms with Crippen LogP contribution >= 0.6 is 0 Å². The number of hydrogen-bond donors (Lipinski definition) is 1. The lowest BCUT2D eigenvalue weighted by molar-refractivity contribution is -0.173. The molecule has 1 N–H and O–H groups in total. The molecule has 2 aromatic rings. The second-order valence-corrected chi connectivity index (χ2v) is 5.48. The first-order chi connectivity index (χ1) is 11.4. The first-order valence-corrected chi connectivity index (χ1v) is 7.21. The molecular weight excluding hydrogens is 349 g/mol. The summed E-state index contributed by atoms with van der Waals surface area (Å²) in [6, 6.07) is 1.69. The van der Waals surface area contributed by atoms with Crippen molar-refractivity contribution in [3.8, 4) is 0 Å². The lowest BCUT2D eigenvalue weighted by atomic mass is 9.94. The van der Waals surface area contributed by atoms with Gasteiger partial charge in [-0.3, -0.25) is 4.79 Å². The smallest absolute Gasteiger partial charge is 0.382 e. The van der Waals surface area contributed by atoms with Crippen LogP contribution < -0.4 is 5.56 Å². The minimum Gasteiger partial charge on any atom is -0.461 e. The standard InChI is InChI=1S/C16H14F5NO3/c1-4-25-14(24)16(20,21)11-7(2)10-9(22-13(11)23)6-5-8(17)12(10)15(3,18)19/h5-6H,4H2,1-3H3,(H,22,23). The zero-order chi connectivity index (χ0) is 19.2. The third-order valence-electron chi connectivity index (χ3n) is 3.66. The van der Waals surface area contributed by atoms with Crippen molar-refractivity contribution in [2.24, 2.45) is 0 Å². The van der Waals surface area contributed by atoms with E-state index in [1.54, 1.807) is 0 Å². The summed E-state index contributed by atoms with van der Waals surface area (Å²) in [4.78, 5) is 25.5. The third kappa shape index (κ3) is 3.10. The molecule has 0 unspecified atom stereocenters. The normalized spacial score (nSPS) is 12.5. The second kappa shape index (κ2) is 6.12. The van der Waals surface area contributed by atoms with Gasteiger partial charge in [0.15, 0.2) is 0 Å². The fraction of sp³-hybridized carbons (Fsp3) is 0.375. The fourth-order valence-corrected chi connectivity index (χ4v) is 2.68. The van der Waals surface area contributed by atoms with E-state index in [1.165, 1.54) is 6.92 Å². The van der Waals surface area contributed by atoms with Gasteiger partial charge in [0.05, 0.1) is 12.2 Å². The van der Waals surface area contributed by atoms with Crippen LogP contribution in [-0.4, -0.2) is 17.6 Å². The van der Waals surface area contributed by atoms with E-state index < -0.39 is 51.3 Å². The summed E-state index contributed by atoms with van der Waals surface area (Å²) < 4.78 is 74.5. The monoisotopic (exact) mass is 363 g/mol. The van der Waals surface area contributed by atoms with Crippen molar-refractivity contribution >= 4 is 16.9 Å². The van der Waals surface area contributed by atoms with Gasteiger partial charge >= 0.3 is 11.9 Å². The Balaban J connectivity index is 2.94. The lowest BCUT2D eigenvalue weighted by Gasteiger charge is -2.20. The van der Waals surface area contributed by atoms with E-state index in [9.17, 15) is 31.5 Å². The minimum atomic E-state index is -4.38. The van der Waals surface area contributed by atoms with Crippen LogP contribution in [0.5, 0.6) is 0 Å². The molecule has 1 aromatic carbocycles. The van der Waals surface area contributed by atoms with Crippen LogP contribution in [0.1, 0.15) is 30.5 Å². The Bertz CT molecular complexity index is 899. The molecule has 25 heavy (non-hydrogen) atoms. The number of fused-ring (bicyclic) bond motifs is 1. The van der Waals surface area contributed by atoms with Gasteiger partial charge in [0.25, 0.3) is 11.5 Å². The van der Waals surface area contributed by atoms with Crippen LogP contribution in [0.3, 0.4) is 0 Å². The predicted octanol–water partition coefficient (Wildman–Crippen LogP) is 3.74.